The maximum absolute atomic E-state index is 13.6. The summed E-state index contributed by atoms with van der Waals surface area (Å²) in [5, 5.41) is 0. The van der Waals surface area contributed by atoms with Crippen LogP contribution in [0, 0.1) is 6.92 Å². The van der Waals surface area contributed by atoms with Gasteiger partial charge in [-0.1, -0.05) is 30.3 Å². The van der Waals surface area contributed by atoms with Gasteiger partial charge in [-0.3, -0.25) is 4.79 Å². The zero-order chi connectivity index (χ0) is 21.7. The van der Waals surface area contributed by atoms with Crippen molar-refractivity contribution in [1.29, 1.82) is 0 Å². The van der Waals surface area contributed by atoms with E-state index in [1.165, 1.54) is 5.56 Å². The first-order valence-corrected chi connectivity index (χ1v) is 11.2. The Balaban J connectivity index is 1.18. The van der Waals surface area contributed by atoms with Gasteiger partial charge in [0.25, 0.3) is 5.91 Å². The number of benzene rings is 1. The van der Waals surface area contributed by atoms with E-state index in [0.29, 0.717) is 37.8 Å². The lowest BCUT2D eigenvalue weighted by atomic mass is 9.89. The quantitative estimate of drug-likeness (QED) is 0.627. The Morgan fingerprint density at radius 2 is 1.91 bits per heavy atom. The Hall–Kier alpha value is -3.26. The fourth-order valence-electron chi connectivity index (χ4n) is 5.29. The number of anilines is 1. The molecule has 2 aromatic heterocycles. The van der Waals surface area contributed by atoms with Crippen LogP contribution in [0.25, 0.3) is 11.5 Å². The summed E-state index contributed by atoms with van der Waals surface area (Å²) in [4.78, 5) is 31.1. The Morgan fingerprint density at radius 1 is 1.09 bits per heavy atom. The minimum Gasteiger partial charge on any atom is -0.444 e. The largest absolute Gasteiger partial charge is 0.444 e. The van der Waals surface area contributed by atoms with E-state index in [1.54, 1.807) is 18.7 Å². The van der Waals surface area contributed by atoms with Gasteiger partial charge >= 0.3 is 0 Å². The molecule has 32 heavy (non-hydrogen) atoms. The highest BCUT2D eigenvalue weighted by Crippen LogP contribution is 2.47. The van der Waals surface area contributed by atoms with E-state index in [0.717, 1.165) is 24.1 Å². The van der Waals surface area contributed by atoms with Crippen LogP contribution in [0.1, 0.15) is 43.0 Å². The molecule has 3 aromatic rings. The van der Waals surface area contributed by atoms with Crippen molar-refractivity contribution < 1.29 is 13.9 Å². The van der Waals surface area contributed by atoms with Gasteiger partial charge in [0.2, 0.25) is 11.8 Å². The number of oxazole rings is 1. The van der Waals surface area contributed by atoms with Gasteiger partial charge in [0.15, 0.2) is 5.60 Å². The van der Waals surface area contributed by atoms with Crippen LogP contribution >= 0.6 is 0 Å². The summed E-state index contributed by atoms with van der Waals surface area (Å²) in [6, 6.07) is 10.4. The highest BCUT2D eigenvalue weighted by Gasteiger charge is 2.58. The van der Waals surface area contributed by atoms with E-state index in [-0.39, 0.29) is 18.2 Å². The van der Waals surface area contributed by atoms with Gasteiger partial charge in [-0.05, 0) is 25.3 Å². The third kappa shape index (κ3) is 3.01. The number of piperidine rings is 1. The Labute approximate surface area is 186 Å². The van der Waals surface area contributed by atoms with Crippen LogP contribution < -0.4 is 4.90 Å². The molecular weight excluding hydrogens is 406 g/mol. The predicted octanol–water partition coefficient (Wildman–Crippen LogP) is 3.50. The monoisotopic (exact) mass is 431 g/mol. The molecule has 2 atom stereocenters. The number of aromatic nitrogens is 3. The first-order valence-electron chi connectivity index (χ1n) is 11.2. The Kier molecular flexibility index (Phi) is 4.50. The highest BCUT2D eigenvalue weighted by atomic mass is 16.6. The number of fused-ring (bicyclic) bond motifs is 1. The lowest BCUT2D eigenvalue weighted by Crippen LogP contribution is -2.50. The number of ether oxygens (including phenoxy) is 1. The second-order valence-corrected chi connectivity index (χ2v) is 8.78. The van der Waals surface area contributed by atoms with Crippen LogP contribution in [0.2, 0.25) is 0 Å². The molecule has 164 valence electrons. The van der Waals surface area contributed by atoms with E-state index in [4.69, 9.17) is 9.15 Å². The van der Waals surface area contributed by atoms with Crippen molar-refractivity contribution in [2.75, 3.05) is 18.0 Å². The molecule has 3 aliphatic rings. The van der Waals surface area contributed by atoms with Crippen LogP contribution in [0.3, 0.4) is 0 Å². The van der Waals surface area contributed by atoms with Crippen LogP contribution in [0.15, 0.2) is 53.4 Å². The second-order valence-electron chi connectivity index (χ2n) is 8.78. The summed E-state index contributed by atoms with van der Waals surface area (Å²) in [7, 11) is 0. The molecular formula is C24H25N5O3. The topological polar surface area (TPSA) is 84.6 Å². The Morgan fingerprint density at radius 3 is 2.62 bits per heavy atom. The number of aryl methyl sites for hydroxylation is 1. The Bertz CT molecular complexity index is 1130. The van der Waals surface area contributed by atoms with Crippen molar-refractivity contribution in [2.24, 2.45) is 0 Å². The average Bonchev–Trinajstić information content (AvgIpc) is 3.54. The van der Waals surface area contributed by atoms with E-state index in [2.05, 4.69) is 32.0 Å². The normalized spacial score (nSPS) is 24.3. The van der Waals surface area contributed by atoms with Crippen molar-refractivity contribution in [2.45, 2.75) is 50.5 Å². The van der Waals surface area contributed by atoms with Crippen molar-refractivity contribution in [3.8, 4) is 11.5 Å². The van der Waals surface area contributed by atoms with Gasteiger partial charge in [-0.25, -0.2) is 15.0 Å². The molecule has 0 unspecified atom stereocenters. The summed E-state index contributed by atoms with van der Waals surface area (Å²) in [5.74, 6) is 1.33. The molecule has 0 bridgehead atoms. The van der Waals surface area contributed by atoms with Gasteiger partial charge in [0.1, 0.15) is 12.5 Å². The summed E-state index contributed by atoms with van der Waals surface area (Å²) >= 11 is 0. The fourth-order valence-corrected chi connectivity index (χ4v) is 5.29. The lowest BCUT2D eigenvalue weighted by Gasteiger charge is -2.37. The SMILES string of the molecule is Cc1nc(N2CCC3(CC2)O[C@@H]2CC[C@@H](c4ccccc4)N2C3=O)ncc1-c1ncco1. The minimum atomic E-state index is -0.721. The maximum atomic E-state index is 13.6. The van der Waals surface area contributed by atoms with Crippen molar-refractivity contribution in [1.82, 2.24) is 19.9 Å². The van der Waals surface area contributed by atoms with Crippen molar-refractivity contribution in [3.63, 3.8) is 0 Å². The number of carbonyl (C=O) groups excluding carboxylic acids is 1. The van der Waals surface area contributed by atoms with Crippen LogP contribution in [-0.4, -0.2) is 50.7 Å². The highest BCUT2D eigenvalue weighted by molar-refractivity contribution is 5.88. The molecule has 8 heteroatoms. The van der Waals surface area contributed by atoms with Crippen LogP contribution in [0.4, 0.5) is 5.95 Å². The smallest absolute Gasteiger partial charge is 0.257 e. The fraction of sp³-hybridized carbons (Fsp3) is 0.417. The molecule has 0 saturated carbocycles. The van der Waals surface area contributed by atoms with E-state index < -0.39 is 5.60 Å². The number of carbonyl (C=O) groups is 1. The van der Waals surface area contributed by atoms with Crippen molar-refractivity contribution >= 4 is 11.9 Å². The molecule has 1 spiro atoms. The number of nitrogens with zero attached hydrogens (tertiary/aromatic N) is 5. The van der Waals surface area contributed by atoms with Gasteiger partial charge in [0.05, 0.1) is 23.5 Å². The minimum absolute atomic E-state index is 0.111. The van der Waals surface area contributed by atoms with Crippen LogP contribution in [0.5, 0.6) is 0 Å². The average molecular weight is 431 g/mol. The summed E-state index contributed by atoms with van der Waals surface area (Å²) < 4.78 is 11.8. The number of hydrogen-bond donors (Lipinski definition) is 0. The summed E-state index contributed by atoms with van der Waals surface area (Å²) in [6.07, 6.45) is 7.92. The molecule has 6 rings (SSSR count). The van der Waals surface area contributed by atoms with Gasteiger partial charge < -0.3 is 19.0 Å². The molecule has 1 amide bonds. The zero-order valence-corrected chi connectivity index (χ0v) is 18.0. The van der Waals surface area contributed by atoms with Gasteiger partial charge in [0, 0.05) is 32.1 Å². The summed E-state index contributed by atoms with van der Waals surface area (Å²) in [5.41, 5.74) is 2.07. The molecule has 0 radical (unpaired) electrons. The first kappa shape index (κ1) is 19.4. The van der Waals surface area contributed by atoms with E-state index in [1.807, 2.05) is 30.0 Å². The summed E-state index contributed by atoms with van der Waals surface area (Å²) in [6.45, 7) is 3.29. The molecule has 0 N–H and O–H groups in total. The van der Waals surface area contributed by atoms with Crippen molar-refractivity contribution in [3.05, 3.63) is 60.2 Å². The van der Waals surface area contributed by atoms with Gasteiger partial charge in [-0.15, -0.1) is 0 Å². The zero-order valence-electron chi connectivity index (χ0n) is 18.0. The lowest BCUT2D eigenvalue weighted by molar-refractivity contribution is -0.140. The predicted molar refractivity (Wildman–Crippen MR) is 117 cm³/mol. The van der Waals surface area contributed by atoms with Gasteiger partial charge in [-0.2, -0.15) is 0 Å². The second kappa shape index (κ2) is 7.41. The number of hydrogen-bond acceptors (Lipinski definition) is 7. The molecule has 3 fully saturated rings. The number of rotatable bonds is 3. The van der Waals surface area contributed by atoms with E-state index >= 15 is 0 Å². The van der Waals surface area contributed by atoms with Crippen LogP contribution in [-0.2, 0) is 9.53 Å². The molecule has 3 aliphatic heterocycles. The molecule has 8 nitrogen and oxygen atoms in total. The third-order valence-electron chi connectivity index (χ3n) is 6.99. The number of amides is 1. The van der Waals surface area contributed by atoms with E-state index in [9.17, 15) is 4.79 Å². The first-order chi connectivity index (χ1) is 15.6. The standard InChI is InChI=1S/C24H25N5O3/c1-16-18(21-25-11-14-31-21)15-26-23(27-16)28-12-9-24(10-13-28)22(30)29-19(7-8-20(29)32-24)17-5-3-2-4-6-17/h2-6,11,14-15,19-20H,7-10,12-13H2,1H3/t19-,20+/m0/s1. The molecule has 3 saturated heterocycles. The molecule has 5 heterocycles. The maximum Gasteiger partial charge on any atom is 0.257 e. The third-order valence-corrected chi connectivity index (χ3v) is 6.99. The molecule has 0 aliphatic carbocycles. The molecule has 1 aromatic carbocycles.